The molecule has 106 valence electrons. The van der Waals surface area contributed by atoms with Crippen LogP contribution in [0.15, 0.2) is 18.2 Å². The van der Waals surface area contributed by atoms with Crippen LogP contribution in [0.25, 0.3) is 0 Å². The monoisotopic (exact) mass is 270 g/mol. The van der Waals surface area contributed by atoms with E-state index in [1.807, 2.05) is 13.0 Å². The molecule has 0 aromatic heterocycles. The van der Waals surface area contributed by atoms with Crippen molar-refractivity contribution in [1.82, 2.24) is 0 Å². The van der Waals surface area contributed by atoms with E-state index in [1.165, 1.54) is 7.11 Å². The van der Waals surface area contributed by atoms with E-state index >= 15 is 0 Å². The maximum atomic E-state index is 9.79. The standard InChI is InChI=1S/C13H18O6/c1-7-3-4-9(10(5-7)17-2)19-13-12(16)11(15)8(14)6-18-13/h3-5,8,11-16H,6H2,1-2H3/t8-,11+,12-,13+/m1/s1. The first-order chi connectivity index (χ1) is 9.02. The maximum absolute atomic E-state index is 9.79. The topological polar surface area (TPSA) is 88.4 Å². The molecule has 0 radical (unpaired) electrons. The van der Waals surface area contributed by atoms with Crippen LogP contribution in [0.3, 0.4) is 0 Å². The van der Waals surface area contributed by atoms with Crippen molar-refractivity contribution in [2.24, 2.45) is 0 Å². The van der Waals surface area contributed by atoms with Gasteiger partial charge in [-0.1, -0.05) is 6.07 Å². The van der Waals surface area contributed by atoms with Gasteiger partial charge in [0, 0.05) is 0 Å². The van der Waals surface area contributed by atoms with Gasteiger partial charge in [-0.05, 0) is 24.6 Å². The smallest absolute Gasteiger partial charge is 0.229 e. The summed E-state index contributed by atoms with van der Waals surface area (Å²) >= 11 is 0. The van der Waals surface area contributed by atoms with Crippen LogP contribution in [0, 0.1) is 6.92 Å². The Balaban J connectivity index is 2.13. The summed E-state index contributed by atoms with van der Waals surface area (Å²) in [7, 11) is 1.51. The summed E-state index contributed by atoms with van der Waals surface area (Å²) < 4.78 is 15.8. The molecule has 0 bridgehead atoms. The van der Waals surface area contributed by atoms with Crippen LogP contribution in [0.4, 0.5) is 0 Å². The Bertz CT molecular complexity index is 435. The zero-order chi connectivity index (χ0) is 14.0. The average molecular weight is 270 g/mol. The van der Waals surface area contributed by atoms with E-state index in [0.717, 1.165) is 5.56 Å². The van der Waals surface area contributed by atoms with Crippen LogP contribution in [0.1, 0.15) is 5.56 Å². The number of hydrogen-bond donors (Lipinski definition) is 3. The molecule has 1 aliphatic rings. The first-order valence-electron chi connectivity index (χ1n) is 6.00. The molecule has 3 N–H and O–H groups in total. The van der Waals surface area contributed by atoms with Crippen LogP contribution in [-0.4, -0.2) is 53.6 Å². The number of hydrogen-bond acceptors (Lipinski definition) is 6. The SMILES string of the molecule is COc1cc(C)ccc1O[C@@H]1OC[C@@H](O)[C@H](O)[C@H]1O. The predicted molar refractivity (Wildman–Crippen MR) is 66.1 cm³/mol. The first-order valence-corrected chi connectivity index (χ1v) is 6.00. The molecule has 1 aromatic carbocycles. The molecule has 19 heavy (non-hydrogen) atoms. The van der Waals surface area contributed by atoms with E-state index in [0.29, 0.717) is 11.5 Å². The van der Waals surface area contributed by atoms with Crippen LogP contribution in [0.5, 0.6) is 11.5 Å². The van der Waals surface area contributed by atoms with Gasteiger partial charge >= 0.3 is 0 Å². The summed E-state index contributed by atoms with van der Waals surface area (Å²) in [6.07, 6.45) is -4.78. The molecule has 1 fully saturated rings. The van der Waals surface area contributed by atoms with Crippen molar-refractivity contribution in [3.05, 3.63) is 23.8 Å². The number of aliphatic hydroxyl groups is 3. The second kappa shape index (κ2) is 5.75. The number of rotatable bonds is 3. The molecule has 0 spiro atoms. The van der Waals surface area contributed by atoms with Gasteiger partial charge in [0.25, 0.3) is 0 Å². The maximum Gasteiger partial charge on any atom is 0.229 e. The molecular weight excluding hydrogens is 252 g/mol. The van der Waals surface area contributed by atoms with Gasteiger partial charge in [0.2, 0.25) is 6.29 Å². The summed E-state index contributed by atoms with van der Waals surface area (Å²) in [5, 5.41) is 28.7. The van der Waals surface area contributed by atoms with Crippen molar-refractivity contribution in [2.75, 3.05) is 13.7 Å². The summed E-state index contributed by atoms with van der Waals surface area (Å²) in [6.45, 7) is 1.81. The molecule has 0 aliphatic carbocycles. The number of methoxy groups -OCH3 is 1. The van der Waals surface area contributed by atoms with Gasteiger partial charge in [-0.2, -0.15) is 0 Å². The Labute approximate surface area is 111 Å². The number of aliphatic hydroxyl groups excluding tert-OH is 3. The Hall–Kier alpha value is -1.34. The molecule has 0 unspecified atom stereocenters. The Kier molecular flexibility index (Phi) is 4.26. The Morgan fingerprint density at radius 2 is 1.89 bits per heavy atom. The number of benzene rings is 1. The zero-order valence-electron chi connectivity index (χ0n) is 10.8. The predicted octanol–water partition coefficient (Wildman–Crippen LogP) is -0.179. The van der Waals surface area contributed by atoms with E-state index in [4.69, 9.17) is 14.2 Å². The van der Waals surface area contributed by atoms with Crippen molar-refractivity contribution >= 4 is 0 Å². The minimum atomic E-state index is -1.32. The van der Waals surface area contributed by atoms with Crippen molar-refractivity contribution in [1.29, 1.82) is 0 Å². The van der Waals surface area contributed by atoms with E-state index in [2.05, 4.69) is 0 Å². The van der Waals surface area contributed by atoms with Crippen LogP contribution in [0.2, 0.25) is 0 Å². The highest BCUT2D eigenvalue weighted by Gasteiger charge is 2.39. The lowest BCUT2D eigenvalue weighted by Gasteiger charge is -2.35. The highest BCUT2D eigenvalue weighted by Crippen LogP contribution is 2.30. The molecule has 1 aromatic rings. The van der Waals surface area contributed by atoms with E-state index in [-0.39, 0.29) is 6.61 Å². The lowest BCUT2D eigenvalue weighted by molar-refractivity contribution is -0.242. The minimum absolute atomic E-state index is 0.100. The highest BCUT2D eigenvalue weighted by molar-refractivity contribution is 5.42. The van der Waals surface area contributed by atoms with Gasteiger partial charge in [0.15, 0.2) is 11.5 Å². The third kappa shape index (κ3) is 2.98. The first kappa shape index (κ1) is 14.1. The third-order valence-electron chi connectivity index (χ3n) is 3.02. The fourth-order valence-corrected chi connectivity index (χ4v) is 1.88. The van der Waals surface area contributed by atoms with Crippen molar-refractivity contribution in [3.8, 4) is 11.5 Å². The zero-order valence-corrected chi connectivity index (χ0v) is 10.8. The second-order valence-electron chi connectivity index (χ2n) is 4.52. The summed E-state index contributed by atoms with van der Waals surface area (Å²) in [5.74, 6) is 0.914. The molecule has 1 saturated heterocycles. The van der Waals surface area contributed by atoms with Crippen LogP contribution >= 0.6 is 0 Å². The molecule has 1 heterocycles. The molecule has 0 saturated carbocycles. The highest BCUT2D eigenvalue weighted by atomic mass is 16.7. The molecule has 6 heteroatoms. The quantitative estimate of drug-likeness (QED) is 0.706. The van der Waals surface area contributed by atoms with Gasteiger partial charge in [-0.3, -0.25) is 0 Å². The fourth-order valence-electron chi connectivity index (χ4n) is 1.88. The van der Waals surface area contributed by atoms with Crippen molar-refractivity contribution < 1.29 is 29.5 Å². The van der Waals surface area contributed by atoms with Crippen molar-refractivity contribution in [3.63, 3.8) is 0 Å². The largest absolute Gasteiger partial charge is 0.493 e. The van der Waals surface area contributed by atoms with Crippen LogP contribution < -0.4 is 9.47 Å². The van der Waals surface area contributed by atoms with E-state index < -0.39 is 24.6 Å². The molecule has 6 nitrogen and oxygen atoms in total. The number of ether oxygens (including phenoxy) is 3. The lowest BCUT2D eigenvalue weighted by Crippen LogP contribution is -2.54. The van der Waals surface area contributed by atoms with Crippen LogP contribution in [-0.2, 0) is 4.74 Å². The average Bonchev–Trinajstić information content (AvgIpc) is 2.41. The van der Waals surface area contributed by atoms with Gasteiger partial charge in [0.1, 0.15) is 18.3 Å². The fraction of sp³-hybridized carbons (Fsp3) is 0.538. The van der Waals surface area contributed by atoms with E-state index in [9.17, 15) is 15.3 Å². The second-order valence-corrected chi connectivity index (χ2v) is 4.52. The Morgan fingerprint density at radius 3 is 2.58 bits per heavy atom. The minimum Gasteiger partial charge on any atom is -0.493 e. The molecular formula is C13H18O6. The van der Waals surface area contributed by atoms with Gasteiger partial charge < -0.3 is 29.5 Å². The lowest BCUT2D eigenvalue weighted by atomic mass is 10.1. The summed E-state index contributed by atoms with van der Waals surface area (Å²) in [5.41, 5.74) is 1.00. The van der Waals surface area contributed by atoms with Crippen molar-refractivity contribution in [2.45, 2.75) is 31.5 Å². The summed E-state index contributed by atoms with van der Waals surface area (Å²) in [4.78, 5) is 0. The Morgan fingerprint density at radius 1 is 1.16 bits per heavy atom. The summed E-state index contributed by atoms with van der Waals surface area (Å²) in [6, 6.07) is 5.32. The molecule has 1 aliphatic heterocycles. The number of aryl methyl sites for hydroxylation is 1. The van der Waals surface area contributed by atoms with E-state index in [1.54, 1.807) is 12.1 Å². The normalized spacial score (nSPS) is 31.0. The molecule has 4 atom stereocenters. The molecule has 0 amide bonds. The van der Waals surface area contributed by atoms with Gasteiger partial charge in [-0.25, -0.2) is 0 Å². The van der Waals surface area contributed by atoms with Gasteiger partial charge in [0.05, 0.1) is 13.7 Å². The van der Waals surface area contributed by atoms with Gasteiger partial charge in [-0.15, -0.1) is 0 Å². The third-order valence-corrected chi connectivity index (χ3v) is 3.02. The molecule has 2 rings (SSSR count).